The van der Waals surface area contributed by atoms with Gasteiger partial charge in [0.25, 0.3) is 0 Å². The van der Waals surface area contributed by atoms with Crippen LogP contribution in [0.25, 0.3) is 0 Å². The lowest BCUT2D eigenvalue weighted by Crippen LogP contribution is -2.48. The molecule has 0 bridgehead atoms. The first-order chi connectivity index (χ1) is 9.38. The van der Waals surface area contributed by atoms with Gasteiger partial charge in [-0.1, -0.05) is 19.3 Å². The van der Waals surface area contributed by atoms with Gasteiger partial charge in [0.2, 0.25) is 0 Å². The lowest BCUT2D eigenvalue weighted by atomic mass is 9.89. The number of ether oxygens (including phenoxy) is 1. The summed E-state index contributed by atoms with van der Waals surface area (Å²) in [4.78, 5) is 5.13. The normalized spacial score (nSPS) is 23.8. The Hall–Kier alpha value is -0.160. The summed E-state index contributed by atoms with van der Waals surface area (Å²) in [6, 6.07) is 0. The Bertz CT molecular complexity index is 224. The largest absolute Gasteiger partial charge is 0.394 e. The van der Waals surface area contributed by atoms with Crippen LogP contribution in [0.1, 0.15) is 32.1 Å². The van der Waals surface area contributed by atoms with E-state index in [9.17, 15) is 0 Å². The van der Waals surface area contributed by atoms with Crippen LogP contribution in [0.2, 0.25) is 0 Å². The molecule has 0 aromatic rings. The molecule has 0 aromatic carbocycles. The molecule has 0 radical (unpaired) electrons. The molecule has 1 heterocycles. The highest BCUT2D eigenvalue weighted by Crippen LogP contribution is 2.24. The van der Waals surface area contributed by atoms with Gasteiger partial charge in [0.05, 0.1) is 19.8 Å². The Morgan fingerprint density at radius 1 is 0.895 bits per heavy atom. The third-order valence-electron chi connectivity index (χ3n) is 4.49. The summed E-state index contributed by atoms with van der Waals surface area (Å²) in [6.07, 6.45) is 7.27. The van der Waals surface area contributed by atoms with Crippen molar-refractivity contribution in [2.24, 2.45) is 5.92 Å². The lowest BCUT2D eigenvalue weighted by Gasteiger charge is -2.37. The second-order valence-electron chi connectivity index (χ2n) is 5.98. The number of piperazine rings is 1. The van der Waals surface area contributed by atoms with Crippen molar-refractivity contribution in [1.29, 1.82) is 0 Å². The molecule has 19 heavy (non-hydrogen) atoms. The molecule has 112 valence electrons. The van der Waals surface area contributed by atoms with Crippen LogP contribution in [0, 0.1) is 5.92 Å². The van der Waals surface area contributed by atoms with Gasteiger partial charge >= 0.3 is 0 Å². The maximum Gasteiger partial charge on any atom is 0.0698 e. The summed E-state index contributed by atoms with van der Waals surface area (Å²) in [6.45, 7) is 8.49. The van der Waals surface area contributed by atoms with E-state index in [-0.39, 0.29) is 6.61 Å². The van der Waals surface area contributed by atoms with Crippen molar-refractivity contribution in [3.63, 3.8) is 0 Å². The topological polar surface area (TPSA) is 35.9 Å². The second-order valence-corrected chi connectivity index (χ2v) is 5.98. The van der Waals surface area contributed by atoms with E-state index in [0.717, 1.165) is 19.1 Å². The van der Waals surface area contributed by atoms with Crippen LogP contribution in [-0.4, -0.2) is 74.0 Å². The molecule has 1 N–H and O–H groups in total. The van der Waals surface area contributed by atoms with E-state index in [2.05, 4.69) is 9.80 Å². The third kappa shape index (κ3) is 5.78. The molecular weight excluding hydrogens is 240 g/mol. The van der Waals surface area contributed by atoms with E-state index in [1.807, 2.05) is 0 Å². The average molecular weight is 270 g/mol. The highest BCUT2D eigenvalue weighted by Gasteiger charge is 2.21. The second kappa shape index (κ2) is 8.90. The number of nitrogens with zero attached hydrogens (tertiary/aromatic N) is 2. The molecule has 1 aliphatic carbocycles. The predicted octanol–water partition coefficient (Wildman–Crippen LogP) is 1.19. The van der Waals surface area contributed by atoms with E-state index in [0.29, 0.717) is 6.61 Å². The fraction of sp³-hybridized carbons (Fsp3) is 1.00. The van der Waals surface area contributed by atoms with E-state index >= 15 is 0 Å². The van der Waals surface area contributed by atoms with Gasteiger partial charge in [-0.3, -0.25) is 4.90 Å². The molecular formula is C15H30N2O2. The summed E-state index contributed by atoms with van der Waals surface area (Å²) in [5, 5.41) is 8.65. The van der Waals surface area contributed by atoms with Crippen LogP contribution in [0.4, 0.5) is 0 Å². The lowest BCUT2D eigenvalue weighted by molar-refractivity contribution is 0.0535. The summed E-state index contributed by atoms with van der Waals surface area (Å²) < 4.78 is 5.33. The minimum atomic E-state index is 0.134. The van der Waals surface area contributed by atoms with Crippen LogP contribution in [0.3, 0.4) is 0 Å². The number of aliphatic hydroxyl groups excluding tert-OH is 1. The Morgan fingerprint density at radius 3 is 2.26 bits per heavy atom. The summed E-state index contributed by atoms with van der Waals surface area (Å²) in [7, 11) is 0. The smallest absolute Gasteiger partial charge is 0.0698 e. The van der Waals surface area contributed by atoms with Crippen molar-refractivity contribution in [2.45, 2.75) is 32.1 Å². The van der Waals surface area contributed by atoms with Crippen molar-refractivity contribution in [1.82, 2.24) is 9.80 Å². The molecule has 1 saturated carbocycles. The molecule has 2 rings (SSSR count). The molecule has 0 unspecified atom stereocenters. The first kappa shape index (κ1) is 15.2. The van der Waals surface area contributed by atoms with E-state index < -0.39 is 0 Å². The SMILES string of the molecule is OCCOCCN1CCN(CC2CCCCC2)CC1. The Kier molecular flexibility index (Phi) is 7.14. The molecule has 2 aliphatic rings. The van der Waals surface area contributed by atoms with Gasteiger partial charge < -0.3 is 14.7 Å². The standard InChI is InChI=1S/C15H30N2O2/c18-11-13-19-12-10-16-6-8-17(9-7-16)14-15-4-2-1-3-5-15/h15,18H,1-14H2. The predicted molar refractivity (Wildman–Crippen MR) is 77.4 cm³/mol. The maximum atomic E-state index is 8.65. The zero-order valence-corrected chi connectivity index (χ0v) is 12.2. The quantitative estimate of drug-likeness (QED) is 0.705. The first-order valence-corrected chi connectivity index (χ1v) is 8.02. The highest BCUT2D eigenvalue weighted by atomic mass is 16.5. The Balaban J connectivity index is 1.54. The highest BCUT2D eigenvalue weighted by molar-refractivity contribution is 4.76. The Labute approximate surface area is 117 Å². The van der Waals surface area contributed by atoms with Gasteiger partial charge in [-0.2, -0.15) is 0 Å². The van der Waals surface area contributed by atoms with Gasteiger partial charge in [-0.05, 0) is 18.8 Å². The van der Waals surface area contributed by atoms with Gasteiger partial charge in [0, 0.05) is 39.3 Å². The van der Waals surface area contributed by atoms with Crippen molar-refractivity contribution >= 4 is 0 Å². The first-order valence-electron chi connectivity index (χ1n) is 8.02. The minimum Gasteiger partial charge on any atom is -0.394 e. The minimum absolute atomic E-state index is 0.134. The summed E-state index contributed by atoms with van der Waals surface area (Å²) >= 11 is 0. The zero-order valence-electron chi connectivity index (χ0n) is 12.2. The molecule has 4 nitrogen and oxygen atoms in total. The monoisotopic (exact) mass is 270 g/mol. The van der Waals surface area contributed by atoms with Gasteiger partial charge in [-0.25, -0.2) is 0 Å². The van der Waals surface area contributed by atoms with Gasteiger partial charge in [-0.15, -0.1) is 0 Å². The molecule has 4 heteroatoms. The number of hydrogen-bond acceptors (Lipinski definition) is 4. The molecule has 1 aliphatic heterocycles. The molecule has 2 fully saturated rings. The van der Waals surface area contributed by atoms with Crippen LogP contribution < -0.4 is 0 Å². The van der Waals surface area contributed by atoms with E-state index in [4.69, 9.17) is 9.84 Å². The maximum absolute atomic E-state index is 8.65. The van der Waals surface area contributed by atoms with Gasteiger partial charge in [0.1, 0.15) is 0 Å². The Morgan fingerprint density at radius 2 is 1.58 bits per heavy atom. The van der Waals surface area contributed by atoms with Crippen LogP contribution in [0.5, 0.6) is 0 Å². The number of hydrogen-bond donors (Lipinski definition) is 1. The molecule has 0 atom stereocenters. The van der Waals surface area contributed by atoms with Crippen LogP contribution in [-0.2, 0) is 4.74 Å². The van der Waals surface area contributed by atoms with Crippen molar-refractivity contribution in [3.05, 3.63) is 0 Å². The average Bonchev–Trinajstić information content (AvgIpc) is 2.46. The fourth-order valence-electron chi connectivity index (χ4n) is 3.29. The summed E-state index contributed by atoms with van der Waals surface area (Å²) in [5.41, 5.74) is 0. The molecule has 1 saturated heterocycles. The molecule has 0 amide bonds. The van der Waals surface area contributed by atoms with E-state index in [1.165, 1.54) is 64.8 Å². The molecule has 0 aromatic heterocycles. The van der Waals surface area contributed by atoms with Crippen molar-refractivity contribution in [2.75, 3.05) is 59.1 Å². The van der Waals surface area contributed by atoms with Crippen LogP contribution in [0.15, 0.2) is 0 Å². The van der Waals surface area contributed by atoms with E-state index in [1.54, 1.807) is 0 Å². The number of aliphatic hydroxyl groups is 1. The zero-order chi connectivity index (χ0) is 13.3. The number of rotatable bonds is 7. The van der Waals surface area contributed by atoms with Crippen LogP contribution >= 0.6 is 0 Å². The molecule has 0 spiro atoms. The van der Waals surface area contributed by atoms with Crippen molar-refractivity contribution < 1.29 is 9.84 Å². The summed E-state index contributed by atoms with van der Waals surface area (Å²) in [5.74, 6) is 0.966. The van der Waals surface area contributed by atoms with Crippen molar-refractivity contribution in [3.8, 4) is 0 Å². The fourth-order valence-corrected chi connectivity index (χ4v) is 3.29. The third-order valence-corrected chi connectivity index (χ3v) is 4.49. The van der Waals surface area contributed by atoms with Gasteiger partial charge in [0.15, 0.2) is 0 Å².